The summed E-state index contributed by atoms with van der Waals surface area (Å²) >= 11 is 0. The number of methoxy groups -OCH3 is 2. The van der Waals surface area contributed by atoms with E-state index in [9.17, 15) is 4.39 Å². The van der Waals surface area contributed by atoms with Crippen LogP contribution < -0.4 is 23.8 Å². The van der Waals surface area contributed by atoms with E-state index in [0.29, 0.717) is 23.0 Å². The topological polar surface area (TPSA) is 63.2 Å². The van der Waals surface area contributed by atoms with Gasteiger partial charge in [-0.3, -0.25) is 0 Å². The third-order valence-corrected chi connectivity index (χ3v) is 15.3. The molecule has 0 aliphatic heterocycles. The van der Waals surface area contributed by atoms with Crippen LogP contribution in [-0.2, 0) is 32.5 Å². The molecule has 0 spiro atoms. The van der Waals surface area contributed by atoms with E-state index in [1.54, 1.807) is 26.4 Å². The molecular weight excluding hydrogens is 898 g/mol. The fourth-order valence-electron chi connectivity index (χ4n) is 9.69. The molecular formula is C60H81FO6P2. The summed E-state index contributed by atoms with van der Waals surface area (Å²) in [7, 11) is 1.07. The quantitative estimate of drug-likeness (QED) is 0.142. The molecule has 6 nitrogen and oxygen atoms in total. The maximum absolute atomic E-state index is 14.2. The van der Waals surface area contributed by atoms with Gasteiger partial charge in [-0.05, 0) is 119 Å². The highest BCUT2D eigenvalue weighted by molar-refractivity contribution is 7.42. The van der Waals surface area contributed by atoms with Crippen LogP contribution in [0, 0.1) is 33.5 Å². The second-order valence-corrected chi connectivity index (χ2v) is 27.2. The van der Waals surface area contributed by atoms with Gasteiger partial charge >= 0.3 is 8.24 Å². The Balaban J connectivity index is 1.91. The van der Waals surface area contributed by atoms with Crippen molar-refractivity contribution in [1.82, 2.24) is 0 Å². The van der Waals surface area contributed by atoms with E-state index in [1.807, 2.05) is 0 Å². The Bertz CT molecular complexity index is 2870. The number of halogens is 1. The summed E-state index contributed by atoms with van der Waals surface area (Å²) in [4.78, 5) is 0. The van der Waals surface area contributed by atoms with Crippen molar-refractivity contribution in [3.63, 3.8) is 0 Å². The van der Waals surface area contributed by atoms with E-state index < -0.39 is 13.7 Å². The minimum Gasteiger partial charge on any atom is -0.496 e. The summed E-state index contributed by atoms with van der Waals surface area (Å²) in [6.07, 6.45) is 0. The molecule has 6 rings (SSSR count). The van der Waals surface area contributed by atoms with Gasteiger partial charge in [0.25, 0.3) is 0 Å². The maximum Gasteiger partial charge on any atom is 0.453 e. The first-order valence-electron chi connectivity index (χ1n) is 24.4. The molecule has 0 bridgehead atoms. The molecule has 0 aliphatic carbocycles. The SMILES string of the molecule is COc1cc(C(C)(C)C)c(OPc2ccc(F)cc2)c(-c2c(C)c(OC)cc(C(C)(C)C)c2Op2oc3c(C(C)(C)C)cc(C(C)(C)C)c(C)c3c3c(C)c(C(C)(C)C)cc(C(C)(C)C)c3o2)c1C. The zero-order chi connectivity index (χ0) is 51.9. The first-order valence-corrected chi connectivity index (χ1v) is 26.4. The first-order chi connectivity index (χ1) is 31.5. The molecule has 0 saturated carbocycles. The number of aryl methyl sites for hydroxylation is 2. The molecule has 1 atom stereocenters. The van der Waals surface area contributed by atoms with Crippen LogP contribution in [0.2, 0.25) is 0 Å². The summed E-state index contributed by atoms with van der Waals surface area (Å²) in [5.41, 5.74) is 12.1. The fraction of sp³-hybridized carbons (Fsp3) is 0.500. The minimum absolute atomic E-state index is 0.123. The van der Waals surface area contributed by atoms with E-state index >= 15 is 0 Å². The van der Waals surface area contributed by atoms with Gasteiger partial charge in [0.2, 0.25) is 0 Å². The molecule has 0 N–H and O–H groups in total. The largest absolute Gasteiger partial charge is 0.496 e. The number of ether oxygens (including phenoxy) is 2. The third kappa shape index (κ3) is 10.6. The molecule has 1 heterocycles. The van der Waals surface area contributed by atoms with Crippen LogP contribution in [0.15, 0.2) is 56.9 Å². The van der Waals surface area contributed by atoms with Crippen molar-refractivity contribution in [3.8, 4) is 34.1 Å². The predicted molar refractivity (Wildman–Crippen MR) is 293 cm³/mol. The van der Waals surface area contributed by atoms with E-state index in [1.165, 1.54) is 34.4 Å². The van der Waals surface area contributed by atoms with Gasteiger partial charge in [-0.25, -0.2) is 4.39 Å². The molecule has 0 amide bonds. The highest BCUT2D eigenvalue weighted by atomic mass is 31.1. The summed E-state index contributed by atoms with van der Waals surface area (Å²) in [6.45, 7) is 49.1. The zero-order valence-corrected chi connectivity index (χ0v) is 48.3. The molecule has 69 heavy (non-hydrogen) atoms. The van der Waals surface area contributed by atoms with Crippen molar-refractivity contribution in [1.29, 1.82) is 0 Å². The van der Waals surface area contributed by atoms with Crippen molar-refractivity contribution in [2.24, 2.45) is 0 Å². The van der Waals surface area contributed by atoms with Gasteiger partial charge in [0.05, 0.1) is 14.2 Å². The lowest BCUT2D eigenvalue weighted by atomic mass is 9.74. The highest BCUT2D eigenvalue weighted by Gasteiger charge is 2.36. The highest BCUT2D eigenvalue weighted by Crippen LogP contribution is 2.57. The molecule has 1 aromatic heterocycles. The number of rotatable bonds is 8. The Kier molecular flexibility index (Phi) is 14.6. The monoisotopic (exact) mass is 979 g/mol. The van der Waals surface area contributed by atoms with Crippen LogP contribution >= 0.6 is 17.0 Å². The van der Waals surface area contributed by atoms with Crippen molar-refractivity contribution >= 4 is 44.3 Å². The summed E-state index contributed by atoms with van der Waals surface area (Å²) in [6, 6.07) is 15.4. The standard InChI is InChI=1S/C60H81FO6P2/c1-33-39(55(5,6)7)29-41(57(11,12)13)52-47(33)48-34(2)40(56(8,9)10)30-42(58(14,15)16)53(48)66-69(65-52)67-54-44(60(20,21)22)32-46(63-24)36(4)50(54)49-35(3)45(62-23)31-43(59(17,18)19)51(49)64-68-38-27-25-37(61)26-28-38/h25-32,68H,1-24H3. The van der Waals surface area contributed by atoms with Crippen LogP contribution in [0.3, 0.4) is 0 Å². The Morgan fingerprint density at radius 3 is 1.14 bits per heavy atom. The van der Waals surface area contributed by atoms with Crippen molar-refractivity contribution < 1.29 is 31.3 Å². The number of fused-ring (bicyclic) bond motifs is 3. The average Bonchev–Trinajstić information content (AvgIpc) is 3.36. The van der Waals surface area contributed by atoms with E-state index in [0.717, 1.165) is 71.8 Å². The van der Waals surface area contributed by atoms with Crippen LogP contribution in [0.1, 0.15) is 180 Å². The zero-order valence-electron chi connectivity index (χ0n) is 46.4. The Labute approximate surface area is 417 Å². The lowest BCUT2D eigenvalue weighted by molar-refractivity contribution is 0.406. The van der Waals surface area contributed by atoms with Crippen LogP contribution in [0.4, 0.5) is 4.39 Å². The fourth-order valence-corrected chi connectivity index (χ4v) is 11.6. The molecule has 5 aromatic carbocycles. The Hall–Kier alpha value is -4.44. The molecule has 0 aliphatic rings. The van der Waals surface area contributed by atoms with Gasteiger partial charge in [0.1, 0.15) is 48.8 Å². The van der Waals surface area contributed by atoms with Crippen LogP contribution in [-0.4, -0.2) is 14.2 Å². The second-order valence-electron chi connectivity index (χ2n) is 25.2. The van der Waals surface area contributed by atoms with Crippen molar-refractivity contribution in [3.05, 3.63) is 110 Å². The van der Waals surface area contributed by atoms with Gasteiger partial charge < -0.3 is 26.9 Å². The van der Waals surface area contributed by atoms with Gasteiger partial charge in [-0.1, -0.05) is 137 Å². The Morgan fingerprint density at radius 1 is 0.449 bits per heavy atom. The summed E-state index contributed by atoms with van der Waals surface area (Å²) in [5, 5.41) is 2.98. The van der Waals surface area contributed by atoms with Gasteiger partial charge in [-0.15, -0.1) is 0 Å². The van der Waals surface area contributed by atoms with Crippen molar-refractivity contribution in [2.75, 3.05) is 14.2 Å². The predicted octanol–water partition coefficient (Wildman–Crippen LogP) is 18.3. The van der Waals surface area contributed by atoms with Crippen molar-refractivity contribution in [2.45, 2.75) is 185 Å². The van der Waals surface area contributed by atoms with Crippen LogP contribution in [0.25, 0.3) is 33.1 Å². The van der Waals surface area contributed by atoms with Crippen LogP contribution in [0.5, 0.6) is 23.0 Å². The lowest BCUT2D eigenvalue weighted by Crippen LogP contribution is -2.19. The van der Waals surface area contributed by atoms with Gasteiger partial charge in [-0.2, -0.15) is 0 Å². The molecule has 1 unspecified atom stereocenters. The normalized spacial score (nSPS) is 13.2. The summed E-state index contributed by atoms with van der Waals surface area (Å²) in [5.74, 6) is 2.44. The van der Waals surface area contributed by atoms with E-state index in [4.69, 9.17) is 26.9 Å². The molecule has 0 saturated heterocycles. The van der Waals surface area contributed by atoms with E-state index in [-0.39, 0.29) is 41.7 Å². The molecule has 0 radical (unpaired) electrons. The Morgan fingerprint density at radius 2 is 0.797 bits per heavy atom. The smallest absolute Gasteiger partial charge is 0.453 e. The van der Waals surface area contributed by atoms with Gasteiger partial charge in [0.15, 0.2) is 0 Å². The second kappa shape index (κ2) is 18.6. The van der Waals surface area contributed by atoms with E-state index in [2.05, 4.69) is 177 Å². The minimum atomic E-state index is -2.23. The van der Waals surface area contributed by atoms with Gasteiger partial charge in [0, 0.05) is 60.6 Å². The number of hydrogen-bond acceptors (Lipinski definition) is 6. The molecule has 9 heteroatoms. The molecule has 0 fully saturated rings. The number of hydrogen-bond donors (Lipinski definition) is 0. The number of benzene rings is 5. The third-order valence-electron chi connectivity index (χ3n) is 13.5. The summed E-state index contributed by atoms with van der Waals surface area (Å²) < 4.78 is 56.6. The average molecular weight is 979 g/mol. The lowest BCUT2D eigenvalue weighted by Gasteiger charge is -2.31. The maximum atomic E-state index is 14.2. The molecule has 6 aromatic rings. The first kappa shape index (κ1) is 53.9. The molecule has 374 valence electrons.